The van der Waals surface area contributed by atoms with Crippen molar-refractivity contribution >= 4 is 17.6 Å². The highest BCUT2D eigenvalue weighted by molar-refractivity contribution is 7.13. The highest BCUT2D eigenvalue weighted by Crippen LogP contribution is 2.27. The molecule has 1 aromatic heterocycles. The van der Waals surface area contributed by atoms with Crippen LogP contribution in [-0.4, -0.2) is 18.9 Å². The molecule has 2 heterocycles. The molecule has 2 unspecified atom stereocenters. The Morgan fingerprint density at radius 2 is 2.36 bits per heavy atom. The molecule has 2 rings (SSSR count). The van der Waals surface area contributed by atoms with Crippen LogP contribution in [0.4, 0.5) is 0 Å². The van der Waals surface area contributed by atoms with Gasteiger partial charge in [0.25, 0.3) is 0 Å². The summed E-state index contributed by atoms with van der Waals surface area (Å²) in [6.45, 7) is 0.874. The molecule has 1 saturated heterocycles. The molecular weight excluding hydrogens is 196 g/mol. The van der Waals surface area contributed by atoms with E-state index in [1.807, 2.05) is 12.1 Å². The summed E-state index contributed by atoms with van der Waals surface area (Å²) in [6.07, 6.45) is 3.04. The fourth-order valence-electron chi connectivity index (χ4n) is 1.74. The van der Waals surface area contributed by atoms with Crippen molar-refractivity contribution in [1.82, 2.24) is 5.32 Å². The summed E-state index contributed by atoms with van der Waals surface area (Å²) in [6, 6.07) is 4.59. The lowest BCUT2D eigenvalue weighted by atomic mass is 10.0. The predicted octanol–water partition coefficient (Wildman–Crippen LogP) is 1.31. The molecule has 2 atom stereocenters. The monoisotopic (exact) mass is 210 g/mol. The summed E-state index contributed by atoms with van der Waals surface area (Å²) in [4.78, 5) is 12.6. The molecule has 0 aliphatic carbocycles. The van der Waals surface area contributed by atoms with E-state index in [2.05, 4.69) is 5.32 Å². The van der Waals surface area contributed by atoms with Crippen molar-refractivity contribution < 1.29 is 4.79 Å². The van der Waals surface area contributed by atoms with E-state index in [1.165, 1.54) is 4.88 Å². The number of carbonyl (C=O) groups excluding carboxylic acids is 1. The fraction of sp³-hybridized carbons (Fsp3) is 0.500. The Bertz CT molecular complexity index is 316. The third-order valence-corrected chi connectivity index (χ3v) is 3.68. The molecular formula is C10H14N2OS. The average molecular weight is 210 g/mol. The average Bonchev–Trinajstić information content (AvgIpc) is 2.67. The van der Waals surface area contributed by atoms with Gasteiger partial charge in [-0.25, -0.2) is 0 Å². The van der Waals surface area contributed by atoms with Crippen LogP contribution in [0.25, 0.3) is 0 Å². The molecule has 0 radical (unpaired) electrons. The Kier molecular flexibility index (Phi) is 2.96. The summed E-state index contributed by atoms with van der Waals surface area (Å²) < 4.78 is 0. The molecule has 1 fully saturated rings. The van der Waals surface area contributed by atoms with Gasteiger partial charge in [0.15, 0.2) is 6.29 Å². The minimum atomic E-state index is 0.289. The van der Waals surface area contributed by atoms with Crippen molar-refractivity contribution in [1.29, 1.82) is 0 Å². The van der Waals surface area contributed by atoms with E-state index in [4.69, 9.17) is 5.73 Å². The Morgan fingerprint density at radius 3 is 2.93 bits per heavy atom. The van der Waals surface area contributed by atoms with Crippen LogP contribution in [-0.2, 0) is 0 Å². The van der Waals surface area contributed by atoms with Crippen LogP contribution in [0.3, 0.4) is 0 Å². The minimum Gasteiger partial charge on any atom is -0.327 e. The zero-order valence-electron chi connectivity index (χ0n) is 7.90. The highest BCUT2D eigenvalue weighted by Gasteiger charge is 2.20. The largest absolute Gasteiger partial charge is 0.327 e. The normalized spacial score (nSPS) is 27.5. The molecule has 1 aliphatic rings. The number of carbonyl (C=O) groups is 1. The Labute approximate surface area is 87.3 Å². The number of thiophene rings is 1. The third kappa shape index (κ3) is 2.03. The maximum atomic E-state index is 10.5. The molecule has 14 heavy (non-hydrogen) atoms. The van der Waals surface area contributed by atoms with Crippen LogP contribution >= 0.6 is 11.3 Å². The Balaban J connectivity index is 2.04. The van der Waals surface area contributed by atoms with Crippen molar-refractivity contribution in [3.8, 4) is 0 Å². The standard InChI is InChI=1S/C10H14N2OS/c11-7-1-3-9(12-5-7)10-4-2-8(6-13)14-10/h2,4,6-7,9,12H,1,3,5,11H2. The van der Waals surface area contributed by atoms with Gasteiger partial charge < -0.3 is 11.1 Å². The molecule has 76 valence electrons. The van der Waals surface area contributed by atoms with Gasteiger partial charge in [-0.1, -0.05) is 0 Å². The van der Waals surface area contributed by atoms with Gasteiger partial charge in [-0.05, 0) is 25.0 Å². The topological polar surface area (TPSA) is 55.1 Å². The van der Waals surface area contributed by atoms with E-state index in [-0.39, 0.29) is 6.04 Å². The molecule has 0 amide bonds. The first kappa shape index (κ1) is 9.83. The molecule has 4 heteroatoms. The molecule has 1 aliphatic heterocycles. The highest BCUT2D eigenvalue weighted by atomic mass is 32.1. The Hall–Kier alpha value is -0.710. The number of hydrogen-bond acceptors (Lipinski definition) is 4. The smallest absolute Gasteiger partial charge is 0.160 e. The molecule has 0 saturated carbocycles. The predicted molar refractivity (Wildman–Crippen MR) is 57.7 cm³/mol. The van der Waals surface area contributed by atoms with Gasteiger partial charge in [0.05, 0.1) is 4.88 Å². The van der Waals surface area contributed by atoms with Crippen molar-refractivity contribution in [3.63, 3.8) is 0 Å². The van der Waals surface area contributed by atoms with E-state index in [9.17, 15) is 4.79 Å². The molecule has 3 N–H and O–H groups in total. The summed E-state index contributed by atoms with van der Waals surface area (Å²) in [7, 11) is 0. The lowest BCUT2D eigenvalue weighted by Crippen LogP contribution is -2.40. The molecule has 0 bridgehead atoms. The number of nitrogens with one attached hydrogen (secondary N) is 1. The lowest BCUT2D eigenvalue weighted by Gasteiger charge is -2.26. The van der Waals surface area contributed by atoms with E-state index >= 15 is 0 Å². The lowest BCUT2D eigenvalue weighted by molar-refractivity contribution is 0.112. The van der Waals surface area contributed by atoms with Gasteiger partial charge in [-0.2, -0.15) is 0 Å². The second kappa shape index (κ2) is 4.21. The molecule has 1 aromatic rings. The molecule has 0 spiro atoms. The van der Waals surface area contributed by atoms with Crippen molar-refractivity contribution in [3.05, 3.63) is 21.9 Å². The number of piperidine rings is 1. The SMILES string of the molecule is NC1CCC(c2ccc(C=O)s2)NC1. The van der Waals surface area contributed by atoms with E-state index < -0.39 is 0 Å². The maximum absolute atomic E-state index is 10.5. The van der Waals surface area contributed by atoms with Crippen LogP contribution in [0.2, 0.25) is 0 Å². The summed E-state index contributed by atoms with van der Waals surface area (Å²) in [5.41, 5.74) is 5.79. The quantitative estimate of drug-likeness (QED) is 0.724. The van der Waals surface area contributed by atoms with Crippen LogP contribution in [0, 0.1) is 0 Å². The van der Waals surface area contributed by atoms with Crippen molar-refractivity contribution in [2.24, 2.45) is 5.73 Å². The van der Waals surface area contributed by atoms with E-state index in [1.54, 1.807) is 11.3 Å². The van der Waals surface area contributed by atoms with Gasteiger partial charge in [0.1, 0.15) is 0 Å². The van der Waals surface area contributed by atoms with Crippen LogP contribution in [0.5, 0.6) is 0 Å². The first-order valence-electron chi connectivity index (χ1n) is 4.83. The van der Waals surface area contributed by atoms with Crippen LogP contribution < -0.4 is 11.1 Å². The van der Waals surface area contributed by atoms with Crippen molar-refractivity contribution in [2.45, 2.75) is 24.9 Å². The Morgan fingerprint density at radius 1 is 1.50 bits per heavy atom. The van der Waals surface area contributed by atoms with Gasteiger partial charge in [-0.3, -0.25) is 4.79 Å². The van der Waals surface area contributed by atoms with E-state index in [0.29, 0.717) is 6.04 Å². The van der Waals surface area contributed by atoms with Crippen molar-refractivity contribution in [2.75, 3.05) is 6.54 Å². The third-order valence-electron chi connectivity index (χ3n) is 2.56. The molecule has 3 nitrogen and oxygen atoms in total. The molecule has 0 aromatic carbocycles. The number of aldehydes is 1. The van der Waals surface area contributed by atoms with Crippen LogP contribution in [0.15, 0.2) is 12.1 Å². The summed E-state index contributed by atoms with van der Waals surface area (Å²) in [5, 5.41) is 3.39. The fourth-order valence-corrected chi connectivity index (χ4v) is 2.68. The van der Waals surface area contributed by atoms with Gasteiger partial charge >= 0.3 is 0 Å². The first-order chi connectivity index (χ1) is 6.79. The van der Waals surface area contributed by atoms with E-state index in [0.717, 1.165) is 30.5 Å². The minimum absolute atomic E-state index is 0.289. The second-order valence-electron chi connectivity index (χ2n) is 3.66. The second-order valence-corrected chi connectivity index (χ2v) is 4.80. The zero-order chi connectivity index (χ0) is 9.97. The van der Waals surface area contributed by atoms with Gasteiger partial charge in [0.2, 0.25) is 0 Å². The maximum Gasteiger partial charge on any atom is 0.160 e. The number of hydrogen-bond donors (Lipinski definition) is 2. The van der Waals surface area contributed by atoms with Crippen LogP contribution in [0.1, 0.15) is 33.4 Å². The zero-order valence-corrected chi connectivity index (χ0v) is 8.72. The summed E-state index contributed by atoms with van der Waals surface area (Å²) in [5.74, 6) is 0. The first-order valence-corrected chi connectivity index (χ1v) is 5.65. The number of nitrogens with two attached hydrogens (primary N) is 1. The number of rotatable bonds is 2. The summed E-state index contributed by atoms with van der Waals surface area (Å²) >= 11 is 1.57. The van der Waals surface area contributed by atoms with Gasteiger partial charge in [0, 0.05) is 23.5 Å². The van der Waals surface area contributed by atoms with Gasteiger partial charge in [-0.15, -0.1) is 11.3 Å².